The third-order valence-corrected chi connectivity index (χ3v) is 14.3. The van der Waals surface area contributed by atoms with Gasteiger partial charge in [0, 0.05) is 49.7 Å². The van der Waals surface area contributed by atoms with Crippen molar-refractivity contribution in [2.75, 3.05) is 4.90 Å². The van der Waals surface area contributed by atoms with Crippen molar-refractivity contribution in [2.45, 2.75) is 0 Å². The number of carbonyl (C=O) groups excluding carboxylic acids is 2. The summed E-state index contributed by atoms with van der Waals surface area (Å²) in [6.45, 7) is 0. The van der Waals surface area contributed by atoms with Gasteiger partial charge in [-0.15, -0.1) is 0 Å². The molecule has 0 spiro atoms. The molecule has 14 rings (SSSR count). The molecule has 10 aromatic carbocycles. The van der Waals surface area contributed by atoms with Crippen LogP contribution in [0.15, 0.2) is 255 Å². The normalized spacial score (nSPS) is 12.1. The molecule has 10 heteroatoms. The topological polar surface area (TPSA) is 120 Å². The summed E-state index contributed by atoms with van der Waals surface area (Å²) in [6.07, 6.45) is 0. The molecular weight excluding hydrogens is 961 g/mol. The first-order valence-corrected chi connectivity index (χ1v) is 25.6. The van der Waals surface area contributed by atoms with Gasteiger partial charge in [-0.05, 0) is 53.1 Å². The maximum atomic E-state index is 15.9. The molecule has 1 aliphatic rings. The SMILES string of the molecule is O=C1c2cccc(-n3c4c(-c5nc(-c6ccccc6)nc(-c6ccccc6)n5)cccc4c4cccc(-c5nc(-c6ccccc6)nc(-c6ccccc6)n5)c43)c2C(=O)N1c1ccc(-c2ccccc2)cc1-c1ccccc1. The van der Waals surface area contributed by atoms with Crippen LogP contribution in [0.5, 0.6) is 0 Å². The van der Waals surface area contributed by atoms with E-state index in [9.17, 15) is 0 Å². The van der Waals surface area contributed by atoms with Crippen molar-refractivity contribution in [1.82, 2.24) is 34.5 Å². The number of amides is 2. The lowest BCUT2D eigenvalue weighted by Crippen LogP contribution is -2.30. The summed E-state index contributed by atoms with van der Waals surface area (Å²) in [5.41, 5.74) is 11.1. The van der Waals surface area contributed by atoms with Gasteiger partial charge in [-0.2, -0.15) is 0 Å². The van der Waals surface area contributed by atoms with Crippen LogP contribution in [-0.4, -0.2) is 46.3 Å². The van der Waals surface area contributed by atoms with Crippen LogP contribution in [0.25, 0.3) is 118 Å². The largest absolute Gasteiger partial charge is 0.307 e. The molecular formula is C68H42N8O2. The van der Waals surface area contributed by atoms with E-state index in [0.29, 0.717) is 68.5 Å². The van der Waals surface area contributed by atoms with Crippen LogP contribution in [-0.2, 0) is 0 Å². The molecule has 0 bridgehead atoms. The van der Waals surface area contributed by atoms with Crippen LogP contribution in [0.3, 0.4) is 0 Å². The van der Waals surface area contributed by atoms with Crippen molar-refractivity contribution in [2.24, 2.45) is 0 Å². The Bertz CT molecular complexity index is 4160. The zero-order valence-corrected chi connectivity index (χ0v) is 41.6. The molecule has 0 atom stereocenters. The number of hydrogen-bond acceptors (Lipinski definition) is 8. The first-order chi connectivity index (χ1) is 38.5. The molecule has 4 heterocycles. The molecule has 2 amide bonds. The van der Waals surface area contributed by atoms with Crippen LogP contribution >= 0.6 is 0 Å². The fourth-order valence-corrected chi connectivity index (χ4v) is 10.6. The monoisotopic (exact) mass is 1000 g/mol. The second-order valence-electron chi connectivity index (χ2n) is 18.9. The minimum Gasteiger partial charge on any atom is -0.307 e. The standard InChI is InChI=1S/C68H42N8O2/c77-67-52-36-21-39-57(58(52)68(78)76(67)56-41-40-49(43-22-7-1-8-23-43)42-55(56)44-24-9-2-10-25-44)75-59-50(34-19-37-53(59)65-71-61(45-26-11-3-12-27-45)69-62(72-65)46-28-13-4-14-29-46)51-35-20-38-54(60(51)75)66-73-63(47-30-15-5-16-31-47)70-64(74-66)48-32-17-6-18-33-48/h1-42H. The Kier molecular flexibility index (Phi) is 11.2. The van der Waals surface area contributed by atoms with Crippen molar-refractivity contribution in [3.05, 3.63) is 266 Å². The van der Waals surface area contributed by atoms with E-state index in [0.717, 1.165) is 55.3 Å². The van der Waals surface area contributed by atoms with Crippen LogP contribution in [0.2, 0.25) is 0 Å². The highest BCUT2D eigenvalue weighted by Crippen LogP contribution is 2.45. The maximum Gasteiger partial charge on any atom is 0.268 e. The van der Waals surface area contributed by atoms with E-state index in [1.54, 1.807) is 6.07 Å². The molecule has 0 saturated carbocycles. The van der Waals surface area contributed by atoms with Crippen LogP contribution in [0, 0.1) is 0 Å². The minimum atomic E-state index is -0.462. The van der Waals surface area contributed by atoms with E-state index >= 15 is 9.59 Å². The number of nitrogens with zero attached hydrogens (tertiary/aromatic N) is 8. The highest BCUT2D eigenvalue weighted by molar-refractivity contribution is 6.36. The second-order valence-corrected chi connectivity index (χ2v) is 18.9. The molecule has 366 valence electrons. The van der Waals surface area contributed by atoms with Gasteiger partial charge in [-0.3, -0.25) is 9.59 Å². The Labute approximate surface area is 448 Å². The van der Waals surface area contributed by atoms with Crippen molar-refractivity contribution in [3.8, 4) is 96.3 Å². The van der Waals surface area contributed by atoms with Gasteiger partial charge in [0.15, 0.2) is 34.9 Å². The van der Waals surface area contributed by atoms with Gasteiger partial charge in [0.05, 0.1) is 33.5 Å². The van der Waals surface area contributed by atoms with Crippen LogP contribution in [0.4, 0.5) is 5.69 Å². The molecule has 1 aliphatic heterocycles. The van der Waals surface area contributed by atoms with Gasteiger partial charge in [0.2, 0.25) is 0 Å². The van der Waals surface area contributed by atoms with E-state index in [-0.39, 0.29) is 11.1 Å². The lowest BCUT2D eigenvalue weighted by Gasteiger charge is -2.20. The Morgan fingerprint density at radius 3 is 1.06 bits per heavy atom. The zero-order valence-electron chi connectivity index (χ0n) is 41.6. The summed E-state index contributed by atoms with van der Waals surface area (Å²) in [7, 11) is 0. The molecule has 0 unspecified atom stereocenters. The summed E-state index contributed by atoms with van der Waals surface area (Å²) >= 11 is 0. The number of aromatic nitrogens is 7. The van der Waals surface area contributed by atoms with Crippen LogP contribution in [0.1, 0.15) is 20.7 Å². The first-order valence-electron chi connectivity index (χ1n) is 25.6. The van der Waals surface area contributed by atoms with Gasteiger partial charge in [-0.25, -0.2) is 34.8 Å². The smallest absolute Gasteiger partial charge is 0.268 e. The number of benzene rings is 10. The maximum absolute atomic E-state index is 15.9. The zero-order chi connectivity index (χ0) is 52.1. The van der Waals surface area contributed by atoms with Gasteiger partial charge in [0.1, 0.15) is 0 Å². The van der Waals surface area contributed by atoms with Gasteiger partial charge >= 0.3 is 0 Å². The number of hydrogen-bond donors (Lipinski definition) is 0. The van der Waals surface area contributed by atoms with Crippen LogP contribution < -0.4 is 4.90 Å². The lowest BCUT2D eigenvalue weighted by atomic mass is 9.97. The molecule has 13 aromatic rings. The highest BCUT2D eigenvalue weighted by atomic mass is 16.2. The van der Waals surface area contributed by atoms with E-state index in [1.807, 2.05) is 218 Å². The molecule has 0 fully saturated rings. The third kappa shape index (κ3) is 7.91. The van der Waals surface area contributed by atoms with Crippen molar-refractivity contribution >= 4 is 39.3 Å². The van der Waals surface area contributed by atoms with E-state index in [2.05, 4.69) is 34.9 Å². The average molecular weight is 1000 g/mol. The van der Waals surface area contributed by atoms with Gasteiger partial charge < -0.3 is 4.57 Å². The molecule has 0 radical (unpaired) electrons. The number of rotatable bonds is 10. The Morgan fingerprint density at radius 1 is 0.256 bits per heavy atom. The van der Waals surface area contributed by atoms with Gasteiger partial charge in [0.25, 0.3) is 11.8 Å². The van der Waals surface area contributed by atoms with E-state index < -0.39 is 11.8 Å². The fraction of sp³-hybridized carbons (Fsp3) is 0. The average Bonchev–Trinajstić information content (AvgIpc) is 4.23. The molecule has 3 aromatic heterocycles. The van der Waals surface area contributed by atoms with Crippen molar-refractivity contribution in [1.29, 1.82) is 0 Å². The Hall–Kier alpha value is -10.8. The number of fused-ring (bicyclic) bond motifs is 4. The number of anilines is 1. The van der Waals surface area contributed by atoms with Crippen molar-refractivity contribution < 1.29 is 9.59 Å². The second kappa shape index (κ2) is 19.1. The highest BCUT2D eigenvalue weighted by Gasteiger charge is 2.41. The predicted octanol–water partition coefficient (Wildman–Crippen LogP) is 15.3. The van der Waals surface area contributed by atoms with Gasteiger partial charge in [-0.1, -0.05) is 218 Å². The summed E-state index contributed by atoms with van der Waals surface area (Å²) < 4.78 is 2.09. The number of imide groups is 1. The molecule has 0 N–H and O–H groups in total. The summed E-state index contributed by atoms with van der Waals surface area (Å²) in [5, 5.41) is 1.70. The molecule has 0 aliphatic carbocycles. The third-order valence-electron chi connectivity index (χ3n) is 14.3. The Balaban J connectivity index is 1.05. The first kappa shape index (κ1) is 45.7. The molecule has 10 nitrogen and oxygen atoms in total. The summed E-state index contributed by atoms with van der Waals surface area (Å²) in [6, 6.07) is 83.0. The fourth-order valence-electron chi connectivity index (χ4n) is 10.6. The quantitative estimate of drug-likeness (QED) is 0.124. The lowest BCUT2D eigenvalue weighted by molar-refractivity contribution is 0.0926. The molecule has 0 saturated heterocycles. The van der Waals surface area contributed by atoms with E-state index in [4.69, 9.17) is 29.9 Å². The summed E-state index contributed by atoms with van der Waals surface area (Å²) in [4.78, 5) is 63.6. The predicted molar refractivity (Wildman–Crippen MR) is 309 cm³/mol. The Morgan fingerprint density at radius 2 is 0.628 bits per heavy atom. The summed E-state index contributed by atoms with van der Waals surface area (Å²) in [5.74, 6) is 1.92. The van der Waals surface area contributed by atoms with Crippen molar-refractivity contribution in [3.63, 3.8) is 0 Å². The molecule has 78 heavy (non-hydrogen) atoms. The number of para-hydroxylation sites is 2. The minimum absolute atomic E-state index is 0.244. The van der Waals surface area contributed by atoms with E-state index in [1.165, 1.54) is 4.90 Å². The number of carbonyl (C=O) groups is 2.